The number of benzene rings is 2. The first-order valence-corrected chi connectivity index (χ1v) is 11.5. The van der Waals surface area contributed by atoms with Crippen molar-refractivity contribution in [3.63, 3.8) is 0 Å². The van der Waals surface area contributed by atoms with Crippen molar-refractivity contribution >= 4 is 44.8 Å². The minimum atomic E-state index is -0.354. The molecule has 0 spiro atoms. The molecule has 0 saturated carbocycles. The second-order valence-corrected chi connectivity index (χ2v) is 8.61. The van der Waals surface area contributed by atoms with E-state index in [0.717, 1.165) is 59.1 Å². The van der Waals surface area contributed by atoms with Gasteiger partial charge in [0.05, 0.1) is 22.2 Å². The number of nitrogens with one attached hydrogen (secondary N) is 1. The summed E-state index contributed by atoms with van der Waals surface area (Å²) in [6, 6.07) is 20.9. The van der Waals surface area contributed by atoms with E-state index in [1.807, 2.05) is 55.5 Å². The summed E-state index contributed by atoms with van der Waals surface area (Å²) in [6.45, 7) is 3.44. The number of aromatic nitrogens is 3. The molecule has 0 radical (unpaired) electrons. The van der Waals surface area contributed by atoms with Crippen molar-refractivity contribution in [1.29, 1.82) is 0 Å². The van der Waals surface area contributed by atoms with Crippen LogP contribution in [-0.4, -0.2) is 44.2 Å². The summed E-state index contributed by atoms with van der Waals surface area (Å²) in [5, 5.41) is 4.97. The van der Waals surface area contributed by atoms with E-state index in [-0.39, 0.29) is 17.5 Å². The predicted molar refractivity (Wildman–Crippen MR) is 132 cm³/mol. The van der Waals surface area contributed by atoms with E-state index in [4.69, 9.17) is 4.98 Å². The van der Waals surface area contributed by atoms with Gasteiger partial charge in [-0.15, -0.1) is 0 Å². The molecule has 5 aromatic rings. The molecule has 34 heavy (non-hydrogen) atoms. The van der Waals surface area contributed by atoms with E-state index in [2.05, 4.69) is 14.7 Å². The number of pyridine rings is 1. The molecule has 0 unspecified atom stereocenters. The highest BCUT2D eigenvalue weighted by atomic mass is 16.2. The average molecular weight is 450 g/mol. The second-order valence-electron chi connectivity index (χ2n) is 8.61. The third-order valence-electron chi connectivity index (χ3n) is 6.47. The van der Waals surface area contributed by atoms with Gasteiger partial charge in [-0.1, -0.05) is 42.5 Å². The Labute approximate surface area is 196 Å². The molecule has 0 bridgehead atoms. The summed E-state index contributed by atoms with van der Waals surface area (Å²) in [5.74, 6) is 0.356. The zero-order valence-corrected chi connectivity index (χ0v) is 18.8. The van der Waals surface area contributed by atoms with Crippen molar-refractivity contribution in [2.24, 2.45) is 0 Å². The molecule has 2 amide bonds. The van der Waals surface area contributed by atoms with Gasteiger partial charge in [0.15, 0.2) is 0 Å². The lowest BCUT2D eigenvalue weighted by atomic mass is 10.1. The third-order valence-corrected chi connectivity index (χ3v) is 6.47. The summed E-state index contributed by atoms with van der Waals surface area (Å²) in [5.41, 5.74) is 3.94. The molecule has 6 rings (SSSR count). The van der Waals surface area contributed by atoms with Crippen LogP contribution in [-0.2, 0) is 0 Å². The van der Waals surface area contributed by atoms with Crippen molar-refractivity contribution in [2.45, 2.75) is 19.8 Å². The maximum atomic E-state index is 13.4. The fraction of sp³-hybridized carbons (Fsp3) is 0.185. The Morgan fingerprint density at radius 1 is 0.824 bits per heavy atom. The van der Waals surface area contributed by atoms with Gasteiger partial charge >= 0.3 is 0 Å². The first-order valence-electron chi connectivity index (χ1n) is 11.5. The number of hydrogen-bond donors (Lipinski definition) is 1. The smallest absolute Gasteiger partial charge is 0.274 e. The quantitative estimate of drug-likeness (QED) is 0.428. The van der Waals surface area contributed by atoms with Crippen LogP contribution in [0.15, 0.2) is 66.7 Å². The highest BCUT2D eigenvalue weighted by molar-refractivity contribution is 6.18. The molecule has 0 atom stereocenters. The molecule has 7 nitrogen and oxygen atoms in total. The van der Waals surface area contributed by atoms with E-state index in [1.165, 1.54) is 0 Å². The van der Waals surface area contributed by atoms with Crippen LogP contribution in [0.4, 0.5) is 5.69 Å². The van der Waals surface area contributed by atoms with Crippen LogP contribution in [0.3, 0.4) is 0 Å². The molecular formula is C27H23N5O2. The van der Waals surface area contributed by atoms with Crippen LogP contribution in [0.1, 0.15) is 39.6 Å². The first-order chi connectivity index (χ1) is 16.6. The number of amides is 2. The number of carbonyl (C=O) groups is 2. The highest BCUT2D eigenvalue weighted by Gasteiger charge is 2.23. The van der Waals surface area contributed by atoms with Gasteiger partial charge in [-0.05, 0) is 44.0 Å². The van der Waals surface area contributed by atoms with Gasteiger partial charge in [0, 0.05) is 23.9 Å². The summed E-state index contributed by atoms with van der Waals surface area (Å²) in [4.78, 5) is 37.2. The van der Waals surface area contributed by atoms with E-state index in [9.17, 15) is 9.59 Å². The number of anilines is 1. The minimum Gasteiger partial charge on any atom is -0.337 e. The van der Waals surface area contributed by atoms with Crippen LogP contribution in [0.5, 0.6) is 0 Å². The van der Waals surface area contributed by atoms with Crippen molar-refractivity contribution in [3.8, 4) is 0 Å². The molecule has 7 heteroatoms. The molecule has 1 N–H and O–H groups in total. The van der Waals surface area contributed by atoms with Gasteiger partial charge in [-0.2, -0.15) is 0 Å². The van der Waals surface area contributed by atoms with Crippen LogP contribution >= 0.6 is 0 Å². The Morgan fingerprint density at radius 2 is 1.53 bits per heavy atom. The average Bonchev–Trinajstić information content (AvgIpc) is 3.52. The number of hydrogen-bond acceptors (Lipinski definition) is 4. The largest absolute Gasteiger partial charge is 0.337 e. The normalized spacial score (nSPS) is 13.7. The number of likely N-dealkylation sites (tertiary alicyclic amines) is 1. The molecule has 168 valence electrons. The van der Waals surface area contributed by atoms with E-state index in [0.29, 0.717) is 11.4 Å². The molecule has 1 aliphatic heterocycles. The Hall–Kier alpha value is -4.26. The second kappa shape index (κ2) is 7.95. The fourth-order valence-electron chi connectivity index (χ4n) is 4.89. The highest BCUT2D eigenvalue weighted by Crippen LogP contribution is 2.36. The lowest BCUT2D eigenvalue weighted by Gasteiger charge is -2.15. The number of rotatable bonds is 3. The summed E-state index contributed by atoms with van der Waals surface area (Å²) >= 11 is 0. The summed E-state index contributed by atoms with van der Waals surface area (Å²) in [6.07, 6.45) is 2.01. The number of fused-ring (bicyclic) bond motifs is 5. The first kappa shape index (κ1) is 20.4. The predicted octanol–water partition coefficient (Wildman–Crippen LogP) is 4.83. The van der Waals surface area contributed by atoms with Gasteiger partial charge in [-0.3, -0.25) is 14.0 Å². The Balaban J connectivity index is 1.47. The molecule has 1 saturated heterocycles. The topological polar surface area (TPSA) is 79.6 Å². The SMILES string of the molecule is Cc1nc2ccccc2c2c(NC(=O)c3cccc(C(=O)N4CCCC4)n3)c3ccccc3n12. The van der Waals surface area contributed by atoms with E-state index >= 15 is 0 Å². The van der Waals surface area contributed by atoms with Crippen LogP contribution in [0.2, 0.25) is 0 Å². The number of carbonyl (C=O) groups excluding carboxylic acids is 2. The summed E-state index contributed by atoms with van der Waals surface area (Å²) < 4.78 is 2.08. The van der Waals surface area contributed by atoms with Gasteiger partial charge in [-0.25, -0.2) is 9.97 Å². The summed E-state index contributed by atoms with van der Waals surface area (Å²) in [7, 11) is 0. The van der Waals surface area contributed by atoms with E-state index < -0.39 is 0 Å². The van der Waals surface area contributed by atoms with Gasteiger partial charge in [0.1, 0.15) is 17.2 Å². The molecule has 2 aromatic carbocycles. The molecule has 1 fully saturated rings. The zero-order valence-electron chi connectivity index (χ0n) is 18.8. The van der Waals surface area contributed by atoms with Crippen molar-refractivity contribution in [2.75, 3.05) is 18.4 Å². The van der Waals surface area contributed by atoms with Gasteiger partial charge in [0.2, 0.25) is 0 Å². The lowest BCUT2D eigenvalue weighted by molar-refractivity contribution is 0.0787. The van der Waals surface area contributed by atoms with Crippen molar-refractivity contribution in [3.05, 3.63) is 83.9 Å². The van der Waals surface area contributed by atoms with Crippen molar-refractivity contribution < 1.29 is 9.59 Å². The maximum Gasteiger partial charge on any atom is 0.274 e. The maximum absolute atomic E-state index is 13.4. The molecule has 4 heterocycles. The van der Waals surface area contributed by atoms with Crippen LogP contribution in [0.25, 0.3) is 27.3 Å². The Bertz CT molecular complexity index is 1600. The fourth-order valence-corrected chi connectivity index (χ4v) is 4.89. The van der Waals surface area contributed by atoms with Gasteiger partial charge in [0.25, 0.3) is 11.8 Å². The Kier molecular flexibility index (Phi) is 4.76. The van der Waals surface area contributed by atoms with Crippen LogP contribution < -0.4 is 5.32 Å². The number of nitrogens with zero attached hydrogens (tertiary/aromatic N) is 4. The van der Waals surface area contributed by atoms with Crippen molar-refractivity contribution in [1.82, 2.24) is 19.3 Å². The third kappa shape index (κ3) is 3.20. The number of aryl methyl sites for hydroxylation is 1. The zero-order chi connectivity index (χ0) is 23.2. The molecular weight excluding hydrogens is 426 g/mol. The molecule has 3 aromatic heterocycles. The molecule has 0 aliphatic carbocycles. The van der Waals surface area contributed by atoms with E-state index in [1.54, 1.807) is 23.1 Å². The Morgan fingerprint density at radius 3 is 2.35 bits per heavy atom. The minimum absolute atomic E-state index is 0.125. The standard InChI is InChI=1S/C27H23N5O2/c1-17-28-20-11-4-2-9-18(20)25-24(19-10-3-5-14-23(19)32(17)25)30-26(33)21-12-8-13-22(29-21)27(34)31-15-6-7-16-31/h2-5,8-14H,6-7,15-16H2,1H3,(H,30,33). The van der Waals surface area contributed by atoms with Gasteiger partial charge < -0.3 is 10.2 Å². The monoisotopic (exact) mass is 449 g/mol. The lowest BCUT2D eigenvalue weighted by Crippen LogP contribution is -2.29. The molecule has 1 aliphatic rings. The van der Waals surface area contributed by atoms with Crippen LogP contribution in [0, 0.1) is 6.92 Å². The number of para-hydroxylation sites is 2.